The number of hydrogen-bond donors (Lipinski definition) is 6. The number of rotatable bonds is 2. The number of aliphatic carboxylic acids is 2. The number of carboxylic acid groups (broad SMARTS) is 2. The van der Waals surface area contributed by atoms with E-state index in [0.717, 1.165) is 0 Å². The quantitative estimate of drug-likeness (QED) is 0.290. The Hall–Kier alpha value is 0.0766. The van der Waals surface area contributed by atoms with Crippen molar-refractivity contribution in [2.45, 2.75) is 26.1 Å². The fraction of sp³-hybridized carbons (Fsp3) is 0.667. The van der Waals surface area contributed by atoms with Gasteiger partial charge in [0, 0.05) is 0 Å². The van der Waals surface area contributed by atoms with E-state index >= 15 is 0 Å². The summed E-state index contributed by atoms with van der Waals surface area (Å²) in [6.07, 6.45) is -2.46. The molecule has 0 rings (SSSR count). The van der Waals surface area contributed by atoms with Gasteiger partial charge in [-0.3, -0.25) is 0 Å². The summed E-state index contributed by atoms with van der Waals surface area (Å²) in [5.74, 6) is -2.37. The van der Waals surface area contributed by atoms with Crippen LogP contribution in [0.1, 0.15) is 13.8 Å². The van der Waals surface area contributed by atoms with Gasteiger partial charge in [0.05, 0.1) is 0 Å². The standard InChI is InChI=1S/2C3H6O3.Ce.2H3N.2O/c2*1-2(4)3(5)6;;;;;/h2*2,4H,1H3,(H,5,6);;2*1H3;;/q;;;;;2*-1/p+2. The van der Waals surface area contributed by atoms with Crippen LogP contribution in [0.4, 0.5) is 0 Å². The fourth-order valence-corrected chi connectivity index (χ4v) is 0. The monoisotopic (exact) mass is 388 g/mol. The molecule has 0 saturated carbocycles. The van der Waals surface area contributed by atoms with Gasteiger partial charge in [-0.15, -0.1) is 0 Å². The van der Waals surface area contributed by atoms with Gasteiger partial charge in [-0.05, 0) is 13.8 Å². The van der Waals surface area contributed by atoms with Crippen LogP contribution in [0.25, 0.3) is 0 Å². The molecule has 0 aliphatic carbocycles. The Balaban J connectivity index is -0.0000000421. The van der Waals surface area contributed by atoms with Crippen LogP contribution in [0.3, 0.4) is 0 Å². The second kappa shape index (κ2) is 21.4. The molecule has 0 aromatic carbocycles. The van der Waals surface area contributed by atoms with Gasteiger partial charge in [-0.1, -0.05) is 0 Å². The Morgan fingerprint density at radius 1 is 0.941 bits per heavy atom. The first-order valence-corrected chi connectivity index (χ1v) is 6.08. The Labute approximate surface area is 121 Å². The summed E-state index contributed by atoms with van der Waals surface area (Å²) in [5.41, 5.74) is 0. The maximum absolute atomic E-state index is 9.45. The molecule has 10 nitrogen and oxygen atoms in total. The topological polar surface area (TPSA) is 234 Å². The van der Waals surface area contributed by atoms with Crippen molar-refractivity contribution in [2.75, 3.05) is 0 Å². The molecule has 2 unspecified atom stereocenters. The summed E-state index contributed by atoms with van der Waals surface area (Å²) in [7, 11) is 0. The number of aliphatic hydroxyl groups is 2. The number of carboxylic acids is 2. The van der Waals surface area contributed by atoms with Gasteiger partial charge in [0.25, 0.3) is 0 Å². The summed E-state index contributed by atoms with van der Waals surface area (Å²) in [4.78, 5) is 18.9. The Morgan fingerprint density at radius 3 is 1.00 bits per heavy atom. The minimum atomic E-state index is -2.42. The van der Waals surface area contributed by atoms with E-state index in [2.05, 4.69) is 0 Å². The second-order valence-corrected chi connectivity index (χ2v) is 2.64. The second-order valence-electron chi connectivity index (χ2n) is 2.11. The molecule has 0 fully saturated rings. The first-order valence-electron chi connectivity index (χ1n) is 3.51. The van der Waals surface area contributed by atoms with Gasteiger partial charge < -0.3 is 32.7 Å². The van der Waals surface area contributed by atoms with Crippen molar-refractivity contribution in [1.82, 2.24) is 12.3 Å². The molecule has 2 atom stereocenters. The zero-order valence-corrected chi connectivity index (χ0v) is 13.2. The molecule has 17 heavy (non-hydrogen) atoms. The SMILES string of the molecule is CC(O)C(=O)O.CC(O)C(=O)O.[NH4+].[NH4+].[O-][Ce][O-]. The molecular weight excluding hydrogens is 368 g/mol. The van der Waals surface area contributed by atoms with Crippen LogP contribution >= 0.6 is 0 Å². The first kappa shape index (κ1) is 30.3. The van der Waals surface area contributed by atoms with E-state index in [1.165, 1.54) is 13.8 Å². The molecular formula is C6H20CeN2O8. The average molecular weight is 388 g/mol. The number of hydrogen-bond acceptors (Lipinski definition) is 6. The van der Waals surface area contributed by atoms with Crippen LogP contribution in [-0.2, 0) is 9.59 Å². The molecule has 11 heteroatoms. The van der Waals surface area contributed by atoms with Crippen molar-refractivity contribution >= 4 is 11.9 Å². The van der Waals surface area contributed by atoms with Crippen LogP contribution < -0.4 is 14.9 Å². The molecule has 0 bridgehead atoms. The Kier molecular flexibility index (Phi) is 38.0. The average Bonchev–Trinajstić information content (AvgIpc) is 2.06. The maximum atomic E-state index is 9.45. The van der Waals surface area contributed by atoms with E-state index < -0.39 is 62.9 Å². The molecule has 0 heterocycles. The van der Waals surface area contributed by atoms with Crippen molar-refractivity contribution in [3.63, 3.8) is 0 Å². The van der Waals surface area contributed by atoms with Crippen molar-refractivity contribution in [3.8, 4) is 0 Å². The Morgan fingerprint density at radius 2 is 1.00 bits per heavy atom. The van der Waals surface area contributed by atoms with E-state index in [-0.39, 0.29) is 12.3 Å². The van der Waals surface area contributed by atoms with Crippen molar-refractivity contribution in [3.05, 3.63) is 0 Å². The molecule has 106 valence electrons. The van der Waals surface area contributed by atoms with Crippen LogP contribution in [-0.4, -0.2) is 44.6 Å². The zero-order valence-electron chi connectivity index (χ0n) is 10.1. The van der Waals surface area contributed by atoms with Gasteiger partial charge in [-0.25, -0.2) is 9.59 Å². The normalized spacial score (nSPS) is 10.5. The van der Waals surface area contributed by atoms with E-state index in [1.54, 1.807) is 0 Å². The van der Waals surface area contributed by atoms with Gasteiger partial charge in [0.2, 0.25) is 0 Å². The number of aliphatic hydroxyl groups excluding tert-OH is 2. The third-order valence-electron chi connectivity index (χ3n) is 0.715. The van der Waals surface area contributed by atoms with Gasteiger partial charge in [0.15, 0.2) is 0 Å². The molecule has 0 aromatic heterocycles. The van der Waals surface area contributed by atoms with Gasteiger partial charge in [0.1, 0.15) is 12.2 Å². The predicted octanol–water partition coefficient (Wildman–Crippen LogP) is -2.72. The summed E-state index contributed by atoms with van der Waals surface area (Å²) >= 11 is -2.42. The number of quaternary nitrogens is 2. The van der Waals surface area contributed by atoms with Crippen LogP contribution in [0, 0.1) is 38.8 Å². The fourth-order valence-electron chi connectivity index (χ4n) is 0. The Bertz CT molecular complexity index is 159. The van der Waals surface area contributed by atoms with Crippen molar-refractivity contribution in [1.29, 1.82) is 0 Å². The van der Waals surface area contributed by atoms with E-state index in [0.29, 0.717) is 0 Å². The third kappa shape index (κ3) is 48.8. The third-order valence-corrected chi connectivity index (χ3v) is 0.715. The summed E-state index contributed by atoms with van der Waals surface area (Å²) in [5, 5.41) is 31.5. The summed E-state index contributed by atoms with van der Waals surface area (Å²) < 4.78 is 17.1. The zero-order chi connectivity index (χ0) is 13.0. The minimum absolute atomic E-state index is 0. The van der Waals surface area contributed by atoms with Gasteiger partial charge in [-0.2, -0.15) is 0 Å². The molecule has 12 N–H and O–H groups in total. The molecule has 0 amide bonds. The summed E-state index contributed by atoms with van der Waals surface area (Å²) in [6.45, 7) is 2.39. The van der Waals surface area contributed by atoms with E-state index in [9.17, 15) is 9.59 Å². The van der Waals surface area contributed by atoms with E-state index in [4.69, 9.17) is 23.1 Å². The molecule has 0 aliphatic heterocycles. The van der Waals surface area contributed by atoms with Crippen LogP contribution in [0.2, 0.25) is 0 Å². The van der Waals surface area contributed by atoms with Crippen molar-refractivity contribution < 1.29 is 71.4 Å². The van der Waals surface area contributed by atoms with Crippen LogP contribution in [0.5, 0.6) is 0 Å². The molecule has 0 aromatic rings. The number of carbonyl (C=O) groups is 2. The van der Waals surface area contributed by atoms with Gasteiger partial charge >= 0.3 is 53.3 Å². The molecule has 0 aliphatic rings. The molecule has 0 spiro atoms. The summed E-state index contributed by atoms with van der Waals surface area (Å²) in [6, 6.07) is 0. The van der Waals surface area contributed by atoms with E-state index in [1.807, 2.05) is 0 Å². The first-order chi connectivity index (χ1) is 6.70. The predicted molar refractivity (Wildman–Crippen MR) is 50.6 cm³/mol. The molecule has 0 radical (unpaired) electrons. The van der Waals surface area contributed by atoms with Crippen LogP contribution in [0.15, 0.2) is 0 Å². The van der Waals surface area contributed by atoms with Crippen molar-refractivity contribution in [2.24, 2.45) is 0 Å². The molecule has 0 saturated heterocycles.